The summed E-state index contributed by atoms with van der Waals surface area (Å²) in [5.41, 5.74) is 0.837. The van der Waals surface area contributed by atoms with Gasteiger partial charge in [-0.3, -0.25) is 0 Å². The van der Waals surface area contributed by atoms with Crippen LogP contribution in [0.2, 0.25) is 5.02 Å². The summed E-state index contributed by atoms with van der Waals surface area (Å²) in [5, 5.41) is 15.1. The molecule has 0 fully saturated rings. The topological polar surface area (TPSA) is 55.6 Å². The van der Waals surface area contributed by atoms with Gasteiger partial charge in [0, 0.05) is 4.47 Å². The maximum atomic E-state index is 6.02. The summed E-state index contributed by atoms with van der Waals surface area (Å²) in [6, 6.07) is 5.56. The third-order valence-corrected chi connectivity index (χ3v) is 3.25. The van der Waals surface area contributed by atoms with Crippen LogP contribution in [0.15, 0.2) is 22.7 Å². The Morgan fingerprint density at radius 3 is 3.00 bits per heavy atom. The van der Waals surface area contributed by atoms with E-state index in [1.165, 1.54) is 0 Å². The molecular weight excluding hydrogens is 293 g/mol. The molecule has 1 heterocycles. The molecule has 84 valence electrons. The van der Waals surface area contributed by atoms with Gasteiger partial charge < -0.3 is 5.32 Å². The van der Waals surface area contributed by atoms with Crippen molar-refractivity contribution in [2.24, 2.45) is 0 Å². The van der Waals surface area contributed by atoms with Crippen molar-refractivity contribution in [1.82, 2.24) is 25.5 Å². The first-order valence-electron chi connectivity index (χ1n) is 4.59. The van der Waals surface area contributed by atoms with E-state index >= 15 is 0 Å². The molecule has 2 rings (SSSR count). The van der Waals surface area contributed by atoms with Gasteiger partial charge in [-0.1, -0.05) is 11.6 Å². The lowest BCUT2D eigenvalue weighted by Crippen LogP contribution is -2.12. The molecule has 0 saturated heterocycles. The first-order valence-corrected chi connectivity index (χ1v) is 5.76. The summed E-state index contributed by atoms with van der Waals surface area (Å²) in [6.07, 6.45) is 0. The van der Waals surface area contributed by atoms with Crippen molar-refractivity contribution in [3.63, 3.8) is 0 Å². The van der Waals surface area contributed by atoms with Crippen molar-refractivity contribution >= 4 is 27.5 Å². The fourth-order valence-corrected chi connectivity index (χ4v) is 1.71. The lowest BCUT2D eigenvalue weighted by atomic mass is 10.3. The van der Waals surface area contributed by atoms with Gasteiger partial charge in [0.05, 0.1) is 17.3 Å². The molecule has 0 bridgehead atoms. The molecule has 0 unspecified atom stereocenters. The largest absolute Gasteiger partial charge is 0.313 e. The number of aromatic nitrogens is 4. The molecule has 5 nitrogen and oxygen atoms in total. The number of hydrogen-bond donors (Lipinski definition) is 1. The smallest absolute Gasteiger partial charge is 0.170 e. The van der Waals surface area contributed by atoms with Crippen molar-refractivity contribution in [1.29, 1.82) is 0 Å². The van der Waals surface area contributed by atoms with E-state index in [1.54, 1.807) is 10.7 Å². The number of nitrogens with zero attached hydrogens (tertiary/aromatic N) is 4. The average molecular weight is 303 g/mol. The number of rotatable bonds is 3. The summed E-state index contributed by atoms with van der Waals surface area (Å²) in [4.78, 5) is 0. The molecule has 0 radical (unpaired) electrons. The molecule has 1 aromatic heterocycles. The average Bonchev–Trinajstić information content (AvgIpc) is 2.71. The van der Waals surface area contributed by atoms with E-state index in [-0.39, 0.29) is 0 Å². The minimum atomic E-state index is 0.598. The molecule has 2 aromatic rings. The van der Waals surface area contributed by atoms with Gasteiger partial charge in [0.25, 0.3) is 0 Å². The van der Waals surface area contributed by atoms with Crippen LogP contribution >= 0.6 is 27.5 Å². The van der Waals surface area contributed by atoms with Gasteiger partial charge in [-0.25, -0.2) is 0 Å². The summed E-state index contributed by atoms with van der Waals surface area (Å²) < 4.78 is 2.50. The van der Waals surface area contributed by atoms with Crippen LogP contribution in [-0.2, 0) is 6.54 Å². The maximum Gasteiger partial charge on any atom is 0.170 e. The predicted octanol–water partition coefficient (Wildman–Crippen LogP) is 1.80. The molecule has 1 N–H and O–H groups in total. The van der Waals surface area contributed by atoms with Crippen LogP contribution in [0.4, 0.5) is 0 Å². The first-order chi connectivity index (χ1) is 7.72. The van der Waals surface area contributed by atoms with Crippen LogP contribution in [0.1, 0.15) is 5.82 Å². The second-order valence-electron chi connectivity index (χ2n) is 3.14. The molecule has 7 heteroatoms. The third-order valence-electron chi connectivity index (χ3n) is 2.02. The SMILES string of the molecule is CNCc1nnnn1-c1ccc(Br)c(Cl)c1. The van der Waals surface area contributed by atoms with Crippen LogP contribution in [0.25, 0.3) is 5.69 Å². The molecule has 16 heavy (non-hydrogen) atoms. The summed E-state index contributed by atoms with van der Waals surface area (Å²) >= 11 is 9.35. The van der Waals surface area contributed by atoms with Gasteiger partial charge in [0.15, 0.2) is 5.82 Å². The highest BCUT2D eigenvalue weighted by atomic mass is 79.9. The Hall–Kier alpha value is -0.980. The van der Waals surface area contributed by atoms with Crippen molar-refractivity contribution in [3.05, 3.63) is 33.5 Å². The van der Waals surface area contributed by atoms with Crippen LogP contribution in [-0.4, -0.2) is 27.3 Å². The molecule has 0 aliphatic carbocycles. The zero-order valence-electron chi connectivity index (χ0n) is 8.48. The van der Waals surface area contributed by atoms with Gasteiger partial charge in [0.2, 0.25) is 0 Å². The molecule has 0 aliphatic heterocycles. The Balaban J connectivity index is 2.42. The maximum absolute atomic E-state index is 6.02. The van der Waals surface area contributed by atoms with Gasteiger partial charge in [-0.2, -0.15) is 4.68 Å². The number of benzene rings is 1. The van der Waals surface area contributed by atoms with Gasteiger partial charge in [-0.05, 0) is 51.6 Å². The fourth-order valence-electron chi connectivity index (χ4n) is 1.29. The standard InChI is InChI=1S/C9H9BrClN5/c1-12-5-9-13-14-15-16(9)6-2-3-7(10)8(11)4-6/h2-4,12H,5H2,1H3. The Labute approximate surface area is 106 Å². The second kappa shape index (κ2) is 4.90. The van der Waals surface area contributed by atoms with Crippen molar-refractivity contribution in [2.75, 3.05) is 7.05 Å². The number of tetrazole rings is 1. The second-order valence-corrected chi connectivity index (χ2v) is 4.40. The summed E-state index contributed by atoms with van der Waals surface area (Å²) in [7, 11) is 1.84. The molecule has 0 aliphatic rings. The van der Waals surface area contributed by atoms with E-state index in [0.29, 0.717) is 11.6 Å². The predicted molar refractivity (Wildman–Crippen MR) is 64.6 cm³/mol. The van der Waals surface area contributed by atoms with Crippen molar-refractivity contribution in [3.8, 4) is 5.69 Å². The van der Waals surface area contributed by atoms with E-state index in [0.717, 1.165) is 16.0 Å². The number of hydrogen-bond acceptors (Lipinski definition) is 4. The molecule has 0 atom stereocenters. The van der Waals surface area contributed by atoms with E-state index in [9.17, 15) is 0 Å². The molecule has 0 spiro atoms. The van der Waals surface area contributed by atoms with Crippen LogP contribution in [0, 0.1) is 0 Å². The Morgan fingerprint density at radius 1 is 1.50 bits per heavy atom. The lowest BCUT2D eigenvalue weighted by Gasteiger charge is -2.05. The molecular formula is C9H9BrClN5. The Bertz CT molecular complexity index is 498. The third kappa shape index (κ3) is 2.23. The van der Waals surface area contributed by atoms with Gasteiger partial charge in [0.1, 0.15) is 0 Å². The van der Waals surface area contributed by atoms with Crippen LogP contribution < -0.4 is 5.32 Å². The monoisotopic (exact) mass is 301 g/mol. The van der Waals surface area contributed by atoms with Gasteiger partial charge in [-0.15, -0.1) is 5.10 Å². The molecule has 0 amide bonds. The quantitative estimate of drug-likeness (QED) is 0.939. The minimum Gasteiger partial charge on any atom is -0.313 e. The first kappa shape index (κ1) is 11.5. The normalized spacial score (nSPS) is 10.7. The van der Waals surface area contributed by atoms with E-state index < -0.39 is 0 Å². The zero-order chi connectivity index (χ0) is 11.5. The highest BCUT2D eigenvalue weighted by molar-refractivity contribution is 9.10. The lowest BCUT2D eigenvalue weighted by molar-refractivity contribution is 0.709. The van der Waals surface area contributed by atoms with Gasteiger partial charge >= 0.3 is 0 Å². The van der Waals surface area contributed by atoms with Crippen molar-refractivity contribution < 1.29 is 0 Å². The highest BCUT2D eigenvalue weighted by Gasteiger charge is 2.08. The molecule has 0 saturated carbocycles. The Morgan fingerprint density at radius 2 is 2.31 bits per heavy atom. The molecule has 1 aromatic carbocycles. The Kier molecular flexibility index (Phi) is 3.52. The van der Waals surface area contributed by atoms with Crippen LogP contribution in [0.5, 0.6) is 0 Å². The number of halogens is 2. The van der Waals surface area contributed by atoms with E-state index in [1.807, 2.05) is 19.2 Å². The zero-order valence-corrected chi connectivity index (χ0v) is 10.8. The van der Waals surface area contributed by atoms with E-state index in [4.69, 9.17) is 11.6 Å². The summed E-state index contributed by atoms with van der Waals surface area (Å²) in [6.45, 7) is 0.598. The highest BCUT2D eigenvalue weighted by Crippen LogP contribution is 2.24. The fraction of sp³-hybridized carbons (Fsp3) is 0.222. The number of nitrogens with one attached hydrogen (secondary N) is 1. The van der Waals surface area contributed by atoms with E-state index in [2.05, 4.69) is 36.8 Å². The van der Waals surface area contributed by atoms with Crippen LogP contribution in [0.3, 0.4) is 0 Å². The minimum absolute atomic E-state index is 0.598. The summed E-state index contributed by atoms with van der Waals surface area (Å²) in [5.74, 6) is 0.737. The van der Waals surface area contributed by atoms with Crippen molar-refractivity contribution in [2.45, 2.75) is 6.54 Å².